The zero-order valence-electron chi connectivity index (χ0n) is 7.12. The summed E-state index contributed by atoms with van der Waals surface area (Å²) in [7, 11) is 1.32. The van der Waals surface area contributed by atoms with Gasteiger partial charge in [0.1, 0.15) is 5.60 Å². The van der Waals surface area contributed by atoms with Gasteiger partial charge in [-0.1, -0.05) is 0 Å². The highest BCUT2D eigenvalue weighted by molar-refractivity contribution is 5.68. The lowest BCUT2D eigenvalue weighted by atomic mass is 9.91. The van der Waals surface area contributed by atoms with Gasteiger partial charge in [-0.05, 0) is 13.0 Å². The first-order valence-corrected chi connectivity index (χ1v) is 3.87. The summed E-state index contributed by atoms with van der Waals surface area (Å²) in [5.74, 6) is 0. The van der Waals surface area contributed by atoms with E-state index in [9.17, 15) is 9.90 Å². The molecule has 70 valence electrons. The second kappa shape index (κ2) is 3.28. The standard InChI is InChI=1S/C7H14N2O3/c1-12-6(10)9-4-7(11,5-9)2-3-8/h11H,2-5,8H2,1H3. The van der Waals surface area contributed by atoms with E-state index >= 15 is 0 Å². The zero-order chi connectivity index (χ0) is 9.19. The molecule has 0 aliphatic carbocycles. The first-order chi connectivity index (χ1) is 5.61. The predicted octanol–water partition coefficient (Wildman–Crippen LogP) is -0.852. The molecule has 3 N–H and O–H groups in total. The monoisotopic (exact) mass is 174 g/mol. The summed E-state index contributed by atoms with van der Waals surface area (Å²) in [5, 5.41) is 9.60. The lowest BCUT2D eigenvalue weighted by Gasteiger charge is -2.45. The molecule has 0 aromatic heterocycles. The Balaban J connectivity index is 2.31. The molecule has 0 bridgehead atoms. The number of hydrogen-bond donors (Lipinski definition) is 2. The Kier molecular flexibility index (Phi) is 2.54. The normalized spacial score (nSPS) is 20.1. The Morgan fingerprint density at radius 1 is 1.75 bits per heavy atom. The number of nitrogens with zero attached hydrogens (tertiary/aromatic N) is 1. The maximum Gasteiger partial charge on any atom is 0.409 e. The van der Waals surface area contributed by atoms with Gasteiger partial charge in [0.05, 0.1) is 20.2 Å². The van der Waals surface area contributed by atoms with Crippen molar-refractivity contribution in [3.63, 3.8) is 0 Å². The van der Waals surface area contributed by atoms with Crippen molar-refractivity contribution >= 4 is 6.09 Å². The van der Waals surface area contributed by atoms with Crippen molar-refractivity contribution in [2.45, 2.75) is 12.0 Å². The van der Waals surface area contributed by atoms with Crippen molar-refractivity contribution in [1.29, 1.82) is 0 Å². The van der Waals surface area contributed by atoms with Crippen LogP contribution in [0.5, 0.6) is 0 Å². The van der Waals surface area contributed by atoms with Crippen LogP contribution in [0.4, 0.5) is 4.79 Å². The van der Waals surface area contributed by atoms with E-state index in [1.165, 1.54) is 12.0 Å². The van der Waals surface area contributed by atoms with Gasteiger partial charge in [-0.2, -0.15) is 0 Å². The second-order valence-electron chi connectivity index (χ2n) is 3.09. The molecule has 0 radical (unpaired) electrons. The maximum atomic E-state index is 10.8. The lowest BCUT2D eigenvalue weighted by molar-refractivity contribution is -0.0894. The number of nitrogens with two attached hydrogens (primary N) is 1. The third-order valence-corrected chi connectivity index (χ3v) is 2.01. The number of likely N-dealkylation sites (tertiary alicyclic amines) is 1. The van der Waals surface area contributed by atoms with E-state index < -0.39 is 11.7 Å². The second-order valence-corrected chi connectivity index (χ2v) is 3.09. The van der Waals surface area contributed by atoms with Gasteiger partial charge in [0, 0.05) is 0 Å². The van der Waals surface area contributed by atoms with Gasteiger partial charge in [-0.25, -0.2) is 4.79 Å². The number of carbonyl (C=O) groups is 1. The highest BCUT2D eigenvalue weighted by Crippen LogP contribution is 2.23. The van der Waals surface area contributed by atoms with Crippen molar-refractivity contribution < 1.29 is 14.6 Å². The molecule has 5 nitrogen and oxygen atoms in total. The van der Waals surface area contributed by atoms with Crippen LogP contribution in [0.1, 0.15) is 6.42 Å². The molecule has 1 heterocycles. The van der Waals surface area contributed by atoms with Crippen molar-refractivity contribution in [3.8, 4) is 0 Å². The molecule has 0 aromatic rings. The molecular formula is C7H14N2O3. The summed E-state index contributed by atoms with van der Waals surface area (Å²) in [6.45, 7) is 1.10. The fourth-order valence-electron chi connectivity index (χ4n) is 1.35. The Morgan fingerprint density at radius 3 is 2.75 bits per heavy atom. The number of rotatable bonds is 2. The number of hydrogen-bond acceptors (Lipinski definition) is 4. The van der Waals surface area contributed by atoms with Gasteiger partial charge in [0.15, 0.2) is 0 Å². The summed E-state index contributed by atoms with van der Waals surface area (Å²) < 4.78 is 4.47. The number of ether oxygens (including phenoxy) is 1. The van der Waals surface area contributed by atoms with Crippen LogP contribution >= 0.6 is 0 Å². The fourth-order valence-corrected chi connectivity index (χ4v) is 1.35. The quantitative estimate of drug-likeness (QED) is 0.571. The van der Waals surface area contributed by atoms with Gasteiger partial charge in [-0.15, -0.1) is 0 Å². The molecule has 0 aromatic carbocycles. The van der Waals surface area contributed by atoms with Crippen molar-refractivity contribution in [2.24, 2.45) is 5.73 Å². The van der Waals surface area contributed by atoms with Gasteiger partial charge in [-0.3, -0.25) is 0 Å². The average Bonchev–Trinajstić information content (AvgIpc) is 1.99. The molecule has 0 unspecified atom stereocenters. The van der Waals surface area contributed by atoms with E-state index in [0.29, 0.717) is 26.1 Å². The molecule has 1 aliphatic rings. The van der Waals surface area contributed by atoms with E-state index in [4.69, 9.17) is 5.73 Å². The van der Waals surface area contributed by atoms with Crippen LogP contribution < -0.4 is 5.73 Å². The Morgan fingerprint density at radius 2 is 2.33 bits per heavy atom. The van der Waals surface area contributed by atoms with Crippen molar-refractivity contribution in [2.75, 3.05) is 26.7 Å². The number of carbonyl (C=O) groups excluding carboxylic acids is 1. The third kappa shape index (κ3) is 1.67. The van der Waals surface area contributed by atoms with E-state index in [2.05, 4.69) is 4.74 Å². The fraction of sp³-hybridized carbons (Fsp3) is 0.857. The molecule has 1 aliphatic heterocycles. The zero-order valence-corrected chi connectivity index (χ0v) is 7.12. The highest BCUT2D eigenvalue weighted by atomic mass is 16.5. The summed E-state index contributed by atoms with van der Waals surface area (Å²) in [6.07, 6.45) is 0.136. The first-order valence-electron chi connectivity index (χ1n) is 3.87. The van der Waals surface area contributed by atoms with Crippen LogP contribution in [0.2, 0.25) is 0 Å². The smallest absolute Gasteiger partial charge is 0.409 e. The van der Waals surface area contributed by atoms with Gasteiger partial charge in [0.25, 0.3) is 0 Å². The van der Waals surface area contributed by atoms with Crippen LogP contribution in [0.3, 0.4) is 0 Å². The molecule has 0 saturated carbocycles. The highest BCUT2D eigenvalue weighted by Gasteiger charge is 2.43. The molecule has 1 rings (SSSR count). The Hall–Kier alpha value is -0.810. The third-order valence-electron chi connectivity index (χ3n) is 2.01. The SMILES string of the molecule is COC(=O)N1CC(O)(CCN)C1. The van der Waals surface area contributed by atoms with Crippen LogP contribution in [-0.2, 0) is 4.74 Å². The van der Waals surface area contributed by atoms with Gasteiger partial charge >= 0.3 is 6.09 Å². The molecule has 5 heteroatoms. The summed E-state index contributed by atoms with van der Waals surface area (Å²) in [4.78, 5) is 12.3. The molecule has 1 saturated heterocycles. The topological polar surface area (TPSA) is 75.8 Å². The summed E-state index contributed by atoms with van der Waals surface area (Å²) >= 11 is 0. The van der Waals surface area contributed by atoms with Gasteiger partial charge < -0.3 is 20.5 Å². The molecular weight excluding hydrogens is 160 g/mol. The van der Waals surface area contributed by atoms with Crippen molar-refractivity contribution in [1.82, 2.24) is 4.90 Å². The minimum atomic E-state index is -0.775. The number of methoxy groups -OCH3 is 1. The lowest BCUT2D eigenvalue weighted by Crippen LogP contribution is -2.64. The Bertz CT molecular complexity index is 177. The van der Waals surface area contributed by atoms with E-state index in [-0.39, 0.29) is 0 Å². The van der Waals surface area contributed by atoms with E-state index in [1.54, 1.807) is 0 Å². The largest absolute Gasteiger partial charge is 0.453 e. The summed E-state index contributed by atoms with van der Waals surface area (Å²) in [5.41, 5.74) is 4.51. The number of amides is 1. The first kappa shape index (κ1) is 9.28. The maximum absolute atomic E-state index is 10.8. The van der Waals surface area contributed by atoms with Crippen LogP contribution in [0.15, 0.2) is 0 Å². The average molecular weight is 174 g/mol. The van der Waals surface area contributed by atoms with E-state index in [1.807, 2.05) is 0 Å². The van der Waals surface area contributed by atoms with Crippen LogP contribution in [-0.4, -0.2) is 48.4 Å². The molecule has 1 fully saturated rings. The van der Waals surface area contributed by atoms with E-state index in [0.717, 1.165) is 0 Å². The minimum absolute atomic E-state index is 0.330. The van der Waals surface area contributed by atoms with Crippen molar-refractivity contribution in [3.05, 3.63) is 0 Å². The predicted molar refractivity (Wildman–Crippen MR) is 42.6 cm³/mol. The molecule has 12 heavy (non-hydrogen) atoms. The van der Waals surface area contributed by atoms with Crippen LogP contribution in [0.25, 0.3) is 0 Å². The number of aliphatic hydroxyl groups is 1. The minimum Gasteiger partial charge on any atom is -0.453 e. The summed E-state index contributed by atoms with van der Waals surface area (Å²) in [6, 6.07) is 0. The number of β-amino-alcohol motifs (C(OH)–C–C–N with tert-alkyl or cyclic N) is 1. The van der Waals surface area contributed by atoms with Gasteiger partial charge in [0.2, 0.25) is 0 Å². The molecule has 0 atom stereocenters. The molecule has 1 amide bonds. The van der Waals surface area contributed by atoms with Crippen LogP contribution in [0, 0.1) is 0 Å². The molecule has 0 spiro atoms. The Labute approximate surface area is 71.1 Å².